The first-order valence-corrected chi connectivity index (χ1v) is 9.37. The van der Waals surface area contributed by atoms with Crippen molar-refractivity contribution in [3.63, 3.8) is 0 Å². The van der Waals surface area contributed by atoms with Gasteiger partial charge in [0.15, 0.2) is 11.6 Å². The van der Waals surface area contributed by atoms with Gasteiger partial charge in [0.2, 0.25) is 5.91 Å². The number of aromatic nitrogens is 1. The number of nitrogens with one attached hydrogen (secondary N) is 1. The number of nitrogens with zero attached hydrogens (tertiary/aromatic N) is 2. The minimum Gasteiger partial charge on any atom is -0.373 e. The van der Waals surface area contributed by atoms with Crippen LogP contribution in [0.25, 0.3) is 10.8 Å². The Labute approximate surface area is 166 Å². The molecule has 150 valence electrons. The van der Waals surface area contributed by atoms with Crippen LogP contribution in [0.5, 0.6) is 0 Å². The maximum absolute atomic E-state index is 13.9. The molecule has 0 spiro atoms. The number of carbonyl (C=O) groups excluding carboxylic acids is 1. The van der Waals surface area contributed by atoms with Crippen LogP contribution in [-0.4, -0.2) is 28.5 Å². The van der Waals surface area contributed by atoms with Crippen molar-refractivity contribution < 1.29 is 13.6 Å². The Bertz CT molecular complexity index is 1160. The second-order valence-corrected chi connectivity index (χ2v) is 7.50. The number of aryl methyl sites for hydroxylation is 1. The van der Waals surface area contributed by atoms with Crippen molar-refractivity contribution in [2.75, 3.05) is 12.4 Å². The highest BCUT2D eigenvalue weighted by Crippen LogP contribution is 2.30. The molecule has 7 heteroatoms. The molecule has 1 aromatic heterocycles. The van der Waals surface area contributed by atoms with E-state index in [0.717, 1.165) is 23.4 Å². The summed E-state index contributed by atoms with van der Waals surface area (Å²) in [5.41, 5.74) is 2.18. The summed E-state index contributed by atoms with van der Waals surface area (Å²) in [6.07, 6.45) is 2.16. The maximum Gasteiger partial charge on any atom is 0.258 e. The summed E-state index contributed by atoms with van der Waals surface area (Å²) >= 11 is 0. The van der Waals surface area contributed by atoms with Gasteiger partial charge in [-0.05, 0) is 41.6 Å². The van der Waals surface area contributed by atoms with Crippen LogP contribution in [0.2, 0.25) is 0 Å². The second kappa shape index (κ2) is 6.99. The number of fused-ring (bicyclic) bond motifs is 2. The Hall–Kier alpha value is -3.22. The van der Waals surface area contributed by atoms with Gasteiger partial charge in [-0.2, -0.15) is 0 Å². The molecule has 0 bridgehead atoms. The van der Waals surface area contributed by atoms with E-state index in [-0.39, 0.29) is 11.3 Å². The zero-order valence-electron chi connectivity index (χ0n) is 16.4. The quantitative estimate of drug-likeness (QED) is 0.737. The standard InChI is InChI=1S/C22H21F2N3O2/c1-12(27(3)22(29)20-8-13-6-4-5-7-19(13)25-20)16-11-26(2)21(28)15-10-18(24)17(23)9-14(15)16/h4-7,9-12,20,25H,8H2,1-3H3/t12-,20+/m0/s1. The number of pyridine rings is 1. The first-order chi connectivity index (χ1) is 13.8. The summed E-state index contributed by atoms with van der Waals surface area (Å²) in [4.78, 5) is 27.1. The molecule has 0 unspecified atom stereocenters. The molecule has 29 heavy (non-hydrogen) atoms. The minimum absolute atomic E-state index is 0.0861. The van der Waals surface area contributed by atoms with E-state index >= 15 is 0 Å². The Kier molecular flexibility index (Phi) is 4.61. The molecule has 1 aliphatic heterocycles. The van der Waals surface area contributed by atoms with E-state index in [1.807, 2.05) is 24.3 Å². The fourth-order valence-corrected chi connectivity index (χ4v) is 3.91. The third-order valence-electron chi connectivity index (χ3n) is 5.70. The highest BCUT2D eigenvalue weighted by atomic mass is 19.2. The molecule has 1 N–H and O–H groups in total. The lowest BCUT2D eigenvalue weighted by Gasteiger charge is -2.29. The molecular weight excluding hydrogens is 376 g/mol. The van der Waals surface area contributed by atoms with Gasteiger partial charge in [0, 0.05) is 32.4 Å². The number of para-hydroxylation sites is 1. The number of rotatable bonds is 3. The van der Waals surface area contributed by atoms with Crippen molar-refractivity contribution >= 4 is 22.4 Å². The lowest BCUT2D eigenvalue weighted by atomic mass is 10.00. The van der Waals surface area contributed by atoms with E-state index in [0.29, 0.717) is 17.4 Å². The molecule has 0 saturated heterocycles. The van der Waals surface area contributed by atoms with Gasteiger partial charge in [-0.15, -0.1) is 0 Å². The predicted molar refractivity (Wildman–Crippen MR) is 108 cm³/mol. The highest BCUT2D eigenvalue weighted by molar-refractivity contribution is 5.89. The first-order valence-electron chi connectivity index (χ1n) is 9.37. The maximum atomic E-state index is 13.9. The number of amides is 1. The number of carbonyl (C=O) groups is 1. The second-order valence-electron chi connectivity index (χ2n) is 7.50. The molecule has 2 aromatic carbocycles. The van der Waals surface area contributed by atoms with Crippen molar-refractivity contribution in [1.82, 2.24) is 9.47 Å². The summed E-state index contributed by atoms with van der Waals surface area (Å²) in [5.74, 6) is -2.21. The molecule has 5 nitrogen and oxygen atoms in total. The number of hydrogen-bond acceptors (Lipinski definition) is 3. The summed E-state index contributed by atoms with van der Waals surface area (Å²) in [6.45, 7) is 1.81. The molecule has 1 amide bonds. The van der Waals surface area contributed by atoms with Crippen molar-refractivity contribution in [2.24, 2.45) is 7.05 Å². The molecule has 0 radical (unpaired) electrons. The van der Waals surface area contributed by atoms with Gasteiger partial charge in [0.25, 0.3) is 5.56 Å². The van der Waals surface area contributed by atoms with E-state index in [4.69, 9.17) is 0 Å². The van der Waals surface area contributed by atoms with Crippen molar-refractivity contribution in [1.29, 1.82) is 0 Å². The Balaban J connectivity index is 1.69. The summed E-state index contributed by atoms with van der Waals surface area (Å²) in [7, 11) is 3.23. The molecule has 0 fully saturated rings. The smallest absolute Gasteiger partial charge is 0.258 e. The lowest BCUT2D eigenvalue weighted by molar-refractivity contribution is -0.132. The van der Waals surface area contributed by atoms with Crippen LogP contribution in [0.1, 0.15) is 24.1 Å². The Morgan fingerprint density at radius 1 is 1.21 bits per heavy atom. The Morgan fingerprint density at radius 3 is 2.55 bits per heavy atom. The van der Waals surface area contributed by atoms with E-state index in [9.17, 15) is 18.4 Å². The van der Waals surface area contributed by atoms with Gasteiger partial charge in [0.05, 0.1) is 11.4 Å². The number of likely N-dealkylation sites (N-methyl/N-ethyl adjacent to an activating group) is 1. The van der Waals surface area contributed by atoms with Crippen molar-refractivity contribution in [3.05, 3.63) is 75.7 Å². The van der Waals surface area contributed by atoms with Crippen LogP contribution in [0.15, 0.2) is 47.4 Å². The summed E-state index contributed by atoms with van der Waals surface area (Å²) < 4.78 is 29.0. The van der Waals surface area contributed by atoms with Crippen LogP contribution in [0.4, 0.5) is 14.5 Å². The van der Waals surface area contributed by atoms with Gasteiger partial charge in [-0.25, -0.2) is 8.78 Å². The lowest BCUT2D eigenvalue weighted by Crippen LogP contribution is -2.41. The molecule has 0 aliphatic carbocycles. The first kappa shape index (κ1) is 19.1. The molecule has 1 aliphatic rings. The van der Waals surface area contributed by atoms with Gasteiger partial charge in [-0.1, -0.05) is 18.2 Å². The largest absolute Gasteiger partial charge is 0.373 e. The third kappa shape index (κ3) is 3.16. The molecule has 0 saturated carbocycles. The van der Waals surface area contributed by atoms with Crippen LogP contribution in [0.3, 0.4) is 0 Å². The summed E-state index contributed by atoms with van der Waals surface area (Å²) in [5, 5.41) is 3.63. The van der Waals surface area contributed by atoms with Crippen molar-refractivity contribution in [3.8, 4) is 0 Å². The van der Waals surface area contributed by atoms with Gasteiger partial charge in [-0.3, -0.25) is 9.59 Å². The average molecular weight is 397 g/mol. The normalized spacial score (nSPS) is 16.4. The molecule has 2 atom stereocenters. The van der Waals surface area contributed by atoms with E-state index < -0.39 is 29.3 Å². The number of halogens is 2. The van der Waals surface area contributed by atoms with Gasteiger partial charge < -0.3 is 14.8 Å². The third-order valence-corrected chi connectivity index (χ3v) is 5.70. The molecule has 4 rings (SSSR count). The average Bonchev–Trinajstić information content (AvgIpc) is 3.15. The van der Waals surface area contributed by atoms with Crippen LogP contribution >= 0.6 is 0 Å². The number of hydrogen-bond donors (Lipinski definition) is 1. The highest BCUT2D eigenvalue weighted by Gasteiger charge is 2.31. The SMILES string of the molecule is C[C@@H](c1cn(C)c(=O)c2cc(F)c(F)cc12)N(C)C(=O)[C@H]1Cc2ccccc2N1. The van der Waals surface area contributed by atoms with Gasteiger partial charge in [0.1, 0.15) is 6.04 Å². The van der Waals surface area contributed by atoms with E-state index in [1.54, 1.807) is 32.1 Å². The molecule has 2 heterocycles. The number of benzene rings is 2. The topological polar surface area (TPSA) is 54.3 Å². The van der Waals surface area contributed by atoms with Crippen LogP contribution in [0, 0.1) is 11.6 Å². The number of anilines is 1. The summed E-state index contributed by atoms with van der Waals surface area (Å²) in [6, 6.07) is 8.86. The molecule has 3 aromatic rings. The molecular formula is C22H21F2N3O2. The van der Waals surface area contributed by atoms with E-state index in [2.05, 4.69) is 5.32 Å². The van der Waals surface area contributed by atoms with Crippen LogP contribution < -0.4 is 10.9 Å². The van der Waals surface area contributed by atoms with Gasteiger partial charge >= 0.3 is 0 Å². The predicted octanol–water partition coefficient (Wildman–Crippen LogP) is 3.37. The van der Waals surface area contributed by atoms with Crippen molar-refractivity contribution in [2.45, 2.75) is 25.4 Å². The van der Waals surface area contributed by atoms with Crippen LogP contribution in [-0.2, 0) is 18.3 Å². The monoisotopic (exact) mass is 397 g/mol. The fourth-order valence-electron chi connectivity index (χ4n) is 3.91. The Morgan fingerprint density at radius 2 is 1.86 bits per heavy atom. The fraction of sp³-hybridized carbons (Fsp3) is 0.273. The van der Waals surface area contributed by atoms with E-state index in [1.165, 1.54) is 4.57 Å². The zero-order valence-corrected chi connectivity index (χ0v) is 16.4. The minimum atomic E-state index is -1.07. The zero-order chi connectivity index (χ0) is 20.9.